The smallest absolute Gasteiger partial charge is 0.126 e. The van der Waals surface area contributed by atoms with Gasteiger partial charge in [0.1, 0.15) is 5.76 Å². The number of aliphatic hydroxyl groups is 1. The fourth-order valence-electron chi connectivity index (χ4n) is 1.90. The first-order valence-electron chi connectivity index (χ1n) is 5.80. The summed E-state index contributed by atoms with van der Waals surface area (Å²) < 4.78 is 5.19. The van der Waals surface area contributed by atoms with Gasteiger partial charge in [-0.25, -0.2) is 0 Å². The van der Waals surface area contributed by atoms with Gasteiger partial charge in [-0.3, -0.25) is 0 Å². The van der Waals surface area contributed by atoms with Gasteiger partial charge in [0.2, 0.25) is 0 Å². The molecule has 3 heteroatoms. The highest BCUT2D eigenvalue weighted by Gasteiger charge is 2.40. The van der Waals surface area contributed by atoms with Crippen LogP contribution >= 0.6 is 0 Å². The van der Waals surface area contributed by atoms with Crippen LogP contribution in [0.2, 0.25) is 0 Å². The molecule has 1 aromatic rings. The molecule has 1 fully saturated rings. The van der Waals surface area contributed by atoms with Crippen molar-refractivity contribution >= 4 is 6.08 Å². The average molecular weight is 221 g/mol. The molecule has 2 N–H and O–H groups in total. The Kier molecular flexibility index (Phi) is 3.46. The molecule has 1 saturated carbocycles. The zero-order chi connectivity index (χ0) is 11.4. The van der Waals surface area contributed by atoms with Crippen LogP contribution in [0.5, 0.6) is 0 Å². The second kappa shape index (κ2) is 4.85. The number of rotatable bonds is 6. The number of furan rings is 1. The summed E-state index contributed by atoms with van der Waals surface area (Å²) in [6, 6.07) is 3.79. The summed E-state index contributed by atoms with van der Waals surface area (Å²) in [6.07, 6.45) is 8.08. The first-order valence-corrected chi connectivity index (χ1v) is 5.80. The summed E-state index contributed by atoms with van der Waals surface area (Å²) in [5.41, 5.74) is -0.118. The first-order chi connectivity index (χ1) is 7.74. The molecule has 1 unspecified atom stereocenters. The molecular weight excluding hydrogens is 202 g/mol. The third-order valence-corrected chi connectivity index (χ3v) is 3.26. The highest BCUT2D eigenvalue weighted by Crippen LogP contribution is 2.39. The van der Waals surface area contributed by atoms with Crippen molar-refractivity contribution < 1.29 is 9.52 Å². The van der Waals surface area contributed by atoms with E-state index in [0.29, 0.717) is 5.92 Å². The van der Waals surface area contributed by atoms with Crippen molar-refractivity contribution in [2.75, 3.05) is 13.2 Å². The lowest BCUT2D eigenvalue weighted by Gasteiger charge is -2.28. The number of hydrogen-bond donors (Lipinski definition) is 2. The molecule has 0 radical (unpaired) electrons. The van der Waals surface area contributed by atoms with Gasteiger partial charge in [-0.2, -0.15) is 0 Å². The maximum absolute atomic E-state index is 9.37. The molecule has 0 saturated heterocycles. The molecular formula is C13H19NO2. The van der Waals surface area contributed by atoms with Gasteiger partial charge in [0, 0.05) is 12.1 Å². The monoisotopic (exact) mass is 221 g/mol. The molecule has 0 aliphatic heterocycles. The molecule has 1 aliphatic rings. The van der Waals surface area contributed by atoms with Crippen LogP contribution in [0.25, 0.3) is 6.08 Å². The van der Waals surface area contributed by atoms with Crippen molar-refractivity contribution in [3.63, 3.8) is 0 Å². The maximum Gasteiger partial charge on any atom is 0.126 e. The van der Waals surface area contributed by atoms with Gasteiger partial charge in [-0.15, -0.1) is 0 Å². The Morgan fingerprint density at radius 1 is 1.62 bits per heavy atom. The van der Waals surface area contributed by atoms with E-state index in [0.717, 1.165) is 12.3 Å². The van der Waals surface area contributed by atoms with E-state index < -0.39 is 0 Å². The summed E-state index contributed by atoms with van der Waals surface area (Å²) in [4.78, 5) is 0. The third kappa shape index (κ3) is 2.74. The quantitative estimate of drug-likeness (QED) is 0.772. The van der Waals surface area contributed by atoms with Gasteiger partial charge < -0.3 is 14.8 Å². The maximum atomic E-state index is 9.37. The van der Waals surface area contributed by atoms with Crippen molar-refractivity contribution in [2.24, 2.45) is 5.92 Å². The van der Waals surface area contributed by atoms with Crippen LogP contribution in [0.15, 0.2) is 28.9 Å². The molecule has 88 valence electrons. The van der Waals surface area contributed by atoms with Crippen LogP contribution in [0, 0.1) is 5.92 Å². The van der Waals surface area contributed by atoms with E-state index in [9.17, 15) is 5.11 Å². The van der Waals surface area contributed by atoms with E-state index >= 15 is 0 Å². The molecule has 0 amide bonds. The van der Waals surface area contributed by atoms with E-state index in [1.807, 2.05) is 24.3 Å². The van der Waals surface area contributed by atoms with Crippen LogP contribution in [0.3, 0.4) is 0 Å². The van der Waals surface area contributed by atoms with Gasteiger partial charge in [0.15, 0.2) is 0 Å². The molecule has 1 aromatic heterocycles. The molecule has 0 aromatic carbocycles. The normalized spacial score (nSPS) is 20.1. The lowest BCUT2D eigenvalue weighted by Crippen LogP contribution is -2.47. The highest BCUT2D eigenvalue weighted by molar-refractivity contribution is 5.42. The SMILES string of the molecule is CC(CO)(NC/C=C/c1ccco1)C1CC1. The van der Waals surface area contributed by atoms with Crippen molar-refractivity contribution in [1.29, 1.82) is 0 Å². The standard InChI is InChI=1S/C13H19NO2/c1-13(10-15,11-6-7-11)14-8-2-4-12-5-3-9-16-12/h2-5,9,11,14-15H,6-8,10H2,1H3/b4-2+. The second-order valence-electron chi connectivity index (χ2n) is 4.65. The van der Waals surface area contributed by atoms with Crippen molar-refractivity contribution in [2.45, 2.75) is 25.3 Å². The summed E-state index contributed by atoms with van der Waals surface area (Å²) in [5.74, 6) is 1.49. The van der Waals surface area contributed by atoms with E-state index in [4.69, 9.17) is 4.42 Å². The fourth-order valence-corrected chi connectivity index (χ4v) is 1.90. The minimum absolute atomic E-state index is 0.118. The summed E-state index contributed by atoms with van der Waals surface area (Å²) >= 11 is 0. The Hall–Kier alpha value is -1.06. The number of aliphatic hydroxyl groups excluding tert-OH is 1. The van der Waals surface area contributed by atoms with E-state index in [1.54, 1.807) is 6.26 Å². The van der Waals surface area contributed by atoms with Gasteiger partial charge >= 0.3 is 0 Å². The van der Waals surface area contributed by atoms with Crippen LogP contribution in [-0.2, 0) is 0 Å². The Bertz CT molecular complexity index is 341. The summed E-state index contributed by atoms with van der Waals surface area (Å²) in [7, 11) is 0. The van der Waals surface area contributed by atoms with Crippen LogP contribution in [0.4, 0.5) is 0 Å². The third-order valence-electron chi connectivity index (χ3n) is 3.26. The first kappa shape index (κ1) is 11.4. The number of nitrogens with one attached hydrogen (secondary N) is 1. The van der Waals surface area contributed by atoms with Crippen LogP contribution < -0.4 is 5.32 Å². The van der Waals surface area contributed by atoms with Gasteiger partial charge in [0.05, 0.1) is 12.9 Å². The van der Waals surface area contributed by atoms with E-state index in [2.05, 4.69) is 12.2 Å². The van der Waals surface area contributed by atoms with Crippen molar-refractivity contribution in [3.8, 4) is 0 Å². The van der Waals surface area contributed by atoms with Crippen molar-refractivity contribution in [3.05, 3.63) is 30.2 Å². The Labute approximate surface area is 96.2 Å². The summed E-state index contributed by atoms with van der Waals surface area (Å²) in [6.45, 7) is 3.05. The molecule has 0 spiro atoms. The Morgan fingerprint density at radius 2 is 2.44 bits per heavy atom. The molecule has 1 heterocycles. The fraction of sp³-hybridized carbons (Fsp3) is 0.538. The second-order valence-corrected chi connectivity index (χ2v) is 4.65. The van der Waals surface area contributed by atoms with Crippen molar-refractivity contribution in [1.82, 2.24) is 5.32 Å². The highest BCUT2D eigenvalue weighted by atomic mass is 16.3. The minimum atomic E-state index is -0.118. The summed E-state index contributed by atoms with van der Waals surface area (Å²) in [5, 5.41) is 12.8. The van der Waals surface area contributed by atoms with Gasteiger partial charge in [-0.1, -0.05) is 6.08 Å². The number of hydrogen-bond acceptors (Lipinski definition) is 3. The molecule has 1 aliphatic carbocycles. The zero-order valence-corrected chi connectivity index (χ0v) is 9.65. The molecule has 16 heavy (non-hydrogen) atoms. The molecule has 2 rings (SSSR count). The van der Waals surface area contributed by atoms with Crippen LogP contribution in [0.1, 0.15) is 25.5 Å². The van der Waals surface area contributed by atoms with Gasteiger partial charge in [-0.05, 0) is 43.9 Å². The molecule has 1 atom stereocenters. The molecule has 0 bridgehead atoms. The van der Waals surface area contributed by atoms with Crippen LogP contribution in [-0.4, -0.2) is 23.8 Å². The lowest BCUT2D eigenvalue weighted by molar-refractivity contribution is 0.159. The average Bonchev–Trinajstić information content (AvgIpc) is 3.04. The van der Waals surface area contributed by atoms with Gasteiger partial charge in [0.25, 0.3) is 0 Å². The lowest BCUT2D eigenvalue weighted by atomic mass is 9.97. The Morgan fingerprint density at radius 3 is 3.00 bits per heavy atom. The minimum Gasteiger partial charge on any atom is -0.465 e. The predicted molar refractivity (Wildman–Crippen MR) is 64.0 cm³/mol. The zero-order valence-electron chi connectivity index (χ0n) is 9.65. The Balaban J connectivity index is 1.78. The van der Waals surface area contributed by atoms with E-state index in [-0.39, 0.29) is 12.1 Å². The topological polar surface area (TPSA) is 45.4 Å². The predicted octanol–water partition coefficient (Wildman–Crippen LogP) is 2.04. The molecule has 3 nitrogen and oxygen atoms in total. The largest absolute Gasteiger partial charge is 0.465 e. The van der Waals surface area contributed by atoms with E-state index in [1.165, 1.54) is 12.8 Å².